The minimum absolute atomic E-state index is 0.0690. The number of piperidine rings is 1. The first-order chi connectivity index (χ1) is 14.7. The van der Waals surface area contributed by atoms with Gasteiger partial charge in [0.05, 0.1) is 11.1 Å². The third-order valence-electron chi connectivity index (χ3n) is 5.47. The van der Waals surface area contributed by atoms with Crippen molar-refractivity contribution >= 4 is 28.6 Å². The van der Waals surface area contributed by atoms with E-state index in [2.05, 4.69) is 9.97 Å². The molecule has 1 fully saturated rings. The second kappa shape index (κ2) is 7.72. The second-order valence-corrected chi connectivity index (χ2v) is 8.81. The molecule has 3 aromatic rings. The van der Waals surface area contributed by atoms with E-state index in [-0.39, 0.29) is 23.6 Å². The number of nitrogens with zero attached hydrogens (tertiary/aromatic N) is 4. The molecule has 1 saturated heterocycles. The Morgan fingerprint density at radius 2 is 1.87 bits per heavy atom. The van der Waals surface area contributed by atoms with E-state index in [1.807, 2.05) is 31.5 Å². The summed E-state index contributed by atoms with van der Waals surface area (Å²) in [6.45, 7) is 6.67. The molecule has 0 unspecified atom stereocenters. The molecule has 8 nitrogen and oxygen atoms in total. The maximum absolute atomic E-state index is 14.8. The van der Waals surface area contributed by atoms with Crippen LogP contribution in [0.3, 0.4) is 0 Å². The number of nitrogen functional groups attached to an aromatic ring is 2. The van der Waals surface area contributed by atoms with Crippen LogP contribution in [0.4, 0.5) is 20.7 Å². The average molecular weight is 426 g/mol. The van der Waals surface area contributed by atoms with Crippen LogP contribution < -0.4 is 11.5 Å². The summed E-state index contributed by atoms with van der Waals surface area (Å²) in [6, 6.07) is 4.97. The van der Waals surface area contributed by atoms with Crippen molar-refractivity contribution in [2.45, 2.75) is 45.3 Å². The Hall–Kier alpha value is -3.36. The first kappa shape index (κ1) is 20.9. The van der Waals surface area contributed by atoms with E-state index in [1.165, 1.54) is 12.4 Å². The van der Waals surface area contributed by atoms with Gasteiger partial charge in [-0.25, -0.2) is 19.2 Å². The largest absolute Gasteiger partial charge is 0.444 e. The summed E-state index contributed by atoms with van der Waals surface area (Å²) in [6.07, 6.45) is 4.39. The lowest BCUT2D eigenvalue weighted by Gasteiger charge is -2.34. The fourth-order valence-corrected chi connectivity index (χ4v) is 4.00. The zero-order valence-electron chi connectivity index (χ0n) is 17.9. The second-order valence-electron chi connectivity index (χ2n) is 8.81. The van der Waals surface area contributed by atoms with Crippen molar-refractivity contribution in [1.29, 1.82) is 0 Å². The fourth-order valence-electron chi connectivity index (χ4n) is 4.00. The molecule has 0 aliphatic carbocycles. The number of halogens is 1. The number of carbonyl (C=O) groups excluding carboxylic acids is 1. The normalized spacial score (nSPS) is 15.4. The number of ether oxygens (including phenoxy) is 1. The predicted molar refractivity (Wildman–Crippen MR) is 118 cm³/mol. The van der Waals surface area contributed by atoms with Crippen molar-refractivity contribution < 1.29 is 13.9 Å². The number of hydrogen-bond donors (Lipinski definition) is 2. The first-order valence-corrected chi connectivity index (χ1v) is 10.3. The summed E-state index contributed by atoms with van der Waals surface area (Å²) in [5.41, 5.74) is 13.1. The van der Waals surface area contributed by atoms with Gasteiger partial charge in [-0.1, -0.05) is 12.1 Å². The highest BCUT2D eigenvalue weighted by Crippen LogP contribution is 2.38. The molecule has 0 bridgehead atoms. The van der Waals surface area contributed by atoms with Crippen molar-refractivity contribution in [3.63, 3.8) is 0 Å². The summed E-state index contributed by atoms with van der Waals surface area (Å²) < 4.78 is 22.3. The van der Waals surface area contributed by atoms with Gasteiger partial charge < -0.3 is 25.7 Å². The fraction of sp³-hybridized carbons (Fsp3) is 0.409. The van der Waals surface area contributed by atoms with E-state index in [0.29, 0.717) is 48.1 Å². The maximum Gasteiger partial charge on any atom is 0.410 e. The van der Waals surface area contributed by atoms with Gasteiger partial charge >= 0.3 is 6.09 Å². The third-order valence-corrected chi connectivity index (χ3v) is 5.47. The summed E-state index contributed by atoms with van der Waals surface area (Å²) in [7, 11) is 0. The number of fused-ring (bicyclic) bond motifs is 1. The van der Waals surface area contributed by atoms with Crippen molar-refractivity contribution in [2.75, 3.05) is 24.6 Å². The molecule has 0 saturated carbocycles. The summed E-state index contributed by atoms with van der Waals surface area (Å²) in [5, 5.41) is 0.599. The van der Waals surface area contributed by atoms with Crippen LogP contribution in [0.15, 0.2) is 30.7 Å². The third kappa shape index (κ3) is 3.99. The van der Waals surface area contributed by atoms with Gasteiger partial charge in [-0.3, -0.25) is 0 Å². The maximum atomic E-state index is 14.8. The van der Waals surface area contributed by atoms with Crippen LogP contribution in [0.2, 0.25) is 0 Å². The smallest absolute Gasteiger partial charge is 0.410 e. The molecule has 1 aliphatic rings. The number of carbonyl (C=O) groups is 1. The summed E-state index contributed by atoms with van der Waals surface area (Å²) in [5.74, 6) is -0.212. The summed E-state index contributed by atoms with van der Waals surface area (Å²) >= 11 is 0. The monoisotopic (exact) mass is 426 g/mol. The molecule has 1 aromatic carbocycles. The molecule has 9 heteroatoms. The number of nitrogens with two attached hydrogens (primary N) is 2. The minimum atomic E-state index is -0.532. The Bertz CT molecular complexity index is 1130. The van der Waals surface area contributed by atoms with Gasteiger partial charge in [0, 0.05) is 36.5 Å². The lowest BCUT2D eigenvalue weighted by Crippen LogP contribution is -2.42. The molecule has 1 aliphatic heterocycles. The van der Waals surface area contributed by atoms with Crippen LogP contribution in [0.25, 0.3) is 22.2 Å². The van der Waals surface area contributed by atoms with Gasteiger partial charge in [0.25, 0.3) is 0 Å². The lowest BCUT2D eigenvalue weighted by molar-refractivity contribution is 0.0189. The van der Waals surface area contributed by atoms with Crippen LogP contribution in [0.5, 0.6) is 0 Å². The number of benzene rings is 1. The SMILES string of the molecule is CC(C)(C)OC(=O)N1CCC(n2cc(-c3cccc(N)c3F)c3c(N)ncnc32)CC1. The molecule has 4 N–H and O–H groups in total. The Kier molecular flexibility index (Phi) is 5.20. The topological polar surface area (TPSA) is 112 Å². The van der Waals surface area contributed by atoms with Gasteiger partial charge in [-0.2, -0.15) is 0 Å². The van der Waals surface area contributed by atoms with Gasteiger partial charge in [0.1, 0.15) is 23.4 Å². The Morgan fingerprint density at radius 1 is 1.16 bits per heavy atom. The molecule has 31 heavy (non-hydrogen) atoms. The number of rotatable bonds is 2. The molecule has 3 heterocycles. The highest BCUT2D eigenvalue weighted by molar-refractivity contribution is 6.01. The quantitative estimate of drug-likeness (QED) is 0.600. The molecule has 4 rings (SSSR count). The number of amides is 1. The zero-order valence-corrected chi connectivity index (χ0v) is 17.9. The Balaban J connectivity index is 1.67. The van der Waals surface area contributed by atoms with Crippen LogP contribution in [-0.4, -0.2) is 44.2 Å². The number of anilines is 2. The van der Waals surface area contributed by atoms with Gasteiger partial charge in [0.2, 0.25) is 0 Å². The van der Waals surface area contributed by atoms with Crippen molar-refractivity contribution in [1.82, 2.24) is 19.4 Å². The molecule has 2 aromatic heterocycles. The van der Waals surface area contributed by atoms with E-state index in [9.17, 15) is 9.18 Å². The zero-order chi connectivity index (χ0) is 22.3. The van der Waals surface area contributed by atoms with Crippen molar-refractivity contribution in [2.24, 2.45) is 0 Å². The lowest BCUT2D eigenvalue weighted by atomic mass is 10.0. The van der Waals surface area contributed by atoms with E-state index in [4.69, 9.17) is 16.2 Å². The molecule has 164 valence electrons. The summed E-state index contributed by atoms with van der Waals surface area (Å²) in [4.78, 5) is 22.6. The number of hydrogen-bond acceptors (Lipinski definition) is 6. The average Bonchev–Trinajstić information content (AvgIpc) is 3.10. The molecule has 0 atom stereocenters. The van der Waals surface area contributed by atoms with E-state index in [1.54, 1.807) is 17.0 Å². The van der Waals surface area contributed by atoms with Crippen LogP contribution >= 0.6 is 0 Å². The molecule has 0 spiro atoms. The Labute approximate surface area is 180 Å². The van der Waals surface area contributed by atoms with E-state index < -0.39 is 11.4 Å². The first-order valence-electron chi connectivity index (χ1n) is 10.3. The van der Waals surface area contributed by atoms with Crippen LogP contribution in [0.1, 0.15) is 39.7 Å². The molecule has 0 radical (unpaired) electrons. The number of aromatic nitrogens is 3. The molecular formula is C22H27FN6O2. The Morgan fingerprint density at radius 3 is 2.55 bits per heavy atom. The van der Waals surface area contributed by atoms with Gasteiger partial charge in [-0.15, -0.1) is 0 Å². The van der Waals surface area contributed by atoms with Crippen LogP contribution in [0, 0.1) is 5.82 Å². The standard InChI is InChI=1S/C22H27FN6O2/c1-22(2,3)31-21(30)28-9-7-13(8-10-28)29-11-15(14-5-4-6-16(24)18(14)23)17-19(25)26-12-27-20(17)29/h4-6,11-13H,7-10,24H2,1-3H3,(H2,25,26,27). The van der Waals surface area contributed by atoms with E-state index >= 15 is 0 Å². The van der Waals surface area contributed by atoms with E-state index in [0.717, 1.165) is 0 Å². The van der Waals surface area contributed by atoms with Gasteiger partial charge in [0.15, 0.2) is 5.82 Å². The minimum Gasteiger partial charge on any atom is -0.444 e. The molecular weight excluding hydrogens is 399 g/mol. The highest BCUT2D eigenvalue weighted by Gasteiger charge is 2.29. The molecule has 1 amide bonds. The predicted octanol–water partition coefficient (Wildman–Crippen LogP) is 3.97. The van der Waals surface area contributed by atoms with Gasteiger partial charge in [-0.05, 0) is 39.7 Å². The number of likely N-dealkylation sites (tertiary alicyclic amines) is 1. The van der Waals surface area contributed by atoms with Crippen molar-refractivity contribution in [3.8, 4) is 11.1 Å². The highest BCUT2D eigenvalue weighted by atomic mass is 19.1. The van der Waals surface area contributed by atoms with Crippen molar-refractivity contribution in [3.05, 3.63) is 36.5 Å². The van der Waals surface area contributed by atoms with Crippen LogP contribution in [-0.2, 0) is 4.74 Å².